The fourth-order valence-electron chi connectivity index (χ4n) is 0.783. The van der Waals surface area contributed by atoms with Crippen LogP contribution in [0.3, 0.4) is 0 Å². The first-order valence-electron chi connectivity index (χ1n) is 3.22. The molecule has 11 heavy (non-hydrogen) atoms. The summed E-state index contributed by atoms with van der Waals surface area (Å²) >= 11 is 0. The summed E-state index contributed by atoms with van der Waals surface area (Å²) in [5, 5.41) is 3.96. The first-order valence-corrected chi connectivity index (χ1v) is 4.43. The quantitative estimate of drug-likeness (QED) is 0.624. The van der Waals surface area contributed by atoms with Crippen molar-refractivity contribution in [2.24, 2.45) is 11.4 Å². The van der Waals surface area contributed by atoms with Crippen LogP contribution in [0.4, 0.5) is 0 Å². The first-order chi connectivity index (χ1) is 5.16. The van der Waals surface area contributed by atoms with E-state index in [9.17, 15) is 4.21 Å². The molecule has 0 radical (unpaired) electrons. The van der Waals surface area contributed by atoms with Crippen LogP contribution in [0.5, 0.6) is 0 Å². The molecule has 0 saturated carbocycles. The lowest BCUT2D eigenvalue weighted by Gasteiger charge is -1.92. The molecule has 1 atom stereocenters. The normalized spacial score (nSPS) is 13.7. The second-order valence-electron chi connectivity index (χ2n) is 2.21. The van der Waals surface area contributed by atoms with Gasteiger partial charge in [-0.15, -0.1) is 0 Å². The zero-order chi connectivity index (χ0) is 8.43. The highest BCUT2D eigenvalue weighted by molar-refractivity contribution is 7.75. The van der Waals surface area contributed by atoms with Crippen LogP contribution in [0.25, 0.3) is 0 Å². The standard InChI is InChI=1S/C6H11N3OS/c1-5-6(11(10)7-2)4-8-9(5)3/h4,11H,1-3H3. The van der Waals surface area contributed by atoms with Crippen LogP contribution in [-0.2, 0) is 17.6 Å². The van der Waals surface area contributed by atoms with Crippen LogP contribution in [-0.4, -0.2) is 21.0 Å². The molecule has 1 unspecified atom stereocenters. The zero-order valence-corrected chi connectivity index (χ0v) is 7.67. The van der Waals surface area contributed by atoms with E-state index >= 15 is 0 Å². The maximum Gasteiger partial charge on any atom is 0.0854 e. The Morgan fingerprint density at radius 1 is 1.73 bits per heavy atom. The van der Waals surface area contributed by atoms with E-state index in [-0.39, 0.29) is 0 Å². The van der Waals surface area contributed by atoms with E-state index in [1.165, 1.54) is 0 Å². The molecule has 5 heteroatoms. The Morgan fingerprint density at radius 3 is 2.73 bits per heavy atom. The van der Waals surface area contributed by atoms with Crippen molar-refractivity contribution in [2.75, 3.05) is 7.05 Å². The summed E-state index contributed by atoms with van der Waals surface area (Å²) in [6.45, 7) is 1.88. The van der Waals surface area contributed by atoms with Gasteiger partial charge in [0.2, 0.25) is 0 Å². The maximum absolute atomic E-state index is 11.2. The molecule has 62 valence electrons. The molecule has 4 nitrogen and oxygen atoms in total. The summed E-state index contributed by atoms with van der Waals surface area (Å²) in [4.78, 5) is 0.727. The minimum absolute atomic E-state index is 0.727. The first kappa shape index (κ1) is 8.26. The molecule has 0 aliphatic carbocycles. The zero-order valence-electron chi connectivity index (χ0n) is 6.77. The number of thiol groups is 1. The minimum Gasteiger partial charge on any atom is -0.272 e. The third-order valence-electron chi connectivity index (χ3n) is 1.60. The third kappa shape index (κ3) is 1.42. The van der Waals surface area contributed by atoms with Gasteiger partial charge >= 0.3 is 0 Å². The molecular weight excluding hydrogens is 162 g/mol. The molecule has 0 saturated heterocycles. The predicted octanol–water partition coefficient (Wildman–Crippen LogP) is 0.382. The third-order valence-corrected chi connectivity index (χ3v) is 2.81. The van der Waals surface area contributed by atoms with E-state index in [0.29, 0.717) is 0 Å². The van der Waals surface area contributed by atoms with Gasteiger partial charge in [-0.1, -0.05) is 0 Å². The van der Waals surface area contributed by atoms with Crippen molar-refractivity contribution in [3.8, 4) is 0 Å². The molecule has 0 aliphatic heterocycles. The average Bonchev–Trinajstić information content (AvgIpc) is 2.32. The van der Waals surface area contributed by atoms with Gasteiger partial charge in [0.1, 0.15) is 0 Å². The van der Waals surface area contributed by atoms with Crippen LogP contribution in [0.2, 0.25) is 0 Å². The number of rotatable bonds is 1. The molecule has 0 fully saturated rings. The van der Waals surface area contributed by atoms with Gasteiger partial charge in [-0.25, -0.2) is 8.57 Å². The largest absolute Gasteiger partial charge is 0.272 e. The average molecular weight is 173 g/mol. The Morgan fingerprint density at radius 2 is 2.36 bits per heavy atom. The van der Waals surface area contributed by atoms with Gasteiger partial charge in [0.15, 0.2) is 0 Å². The predicted molar refractivity (Wildman–Crippen MR) is 44.1 cm³/mol. The van der Waals surface area contributed by atoms with E-state index in [1.54, 1.807) is 17.9 Å². The monoisotopic (exact) mass is 173 g/mol. The Kier molecular flexibility index (Phi) is 2.28. The molecule has 1 rings (SSSR count). The Balaban J connectivity index is 3.26. The number of hydrogen-bond donors (Lipinski definition) is 1. The lowest BCUT2D eigenvalue weighted by molar-refractivity contribution is 0.686. The van der Waals surface area contributed by atoms with Crippen LogP contribution in [0, 0.1) is 6.92 Å². The SMILES string of the molecule is CN=[SH](=O)c1cnn(C)c1C. The summed E-state index contributed by atoms with van der Waals surface area (Å²) in [6, 6.07) is 0. The molecule has 1 heterocycles. The van der Waals surface area contributed by atoms with E-state index < -0.39 is 10.6 Å². The van der Waals surface area contributed by atoms with Gasteiger partial charge in [0.05, 0.1) is 27.4 Å². The Bertz CT molecular complexity index is 336. The maximum atomic E-state index is 11.2. The molecule has 0 spiro atoms. The Labute approximate surface area is 67.4 Å². The number of nitrogens with zero attached hydrogens (tertiary/aromatic N) is 3. The van der Waals surface area contributed by atoms with Crippen LogP contribution < -0.4 is 0 Å². The molecule has 0 aromatic carbocycles. The van der Waals surface area contributed by atoms with E-state index in [0.717, 1.165) is 10.6 Å². The van der Waals surface area contributed by atoms with Crippen molar-refractivity contribution in [3.05, 3.63) is 11.9 Å². The highest BCUT2D eigenvalue weighted by Gasteiger charge is 2.02. The van der Waals surface area contributed by atoms with Crippen molar-refractivity contribution >= 4 is 10.6 Å². The summed E-state index contributed by atoms with van der Waals surface area (Å²) in [7, 11) is 1.78. The highest BCUT2D eigenvalue weighted by Crippen LogP contribution is 2.07. The van der Waals surface area contributed by atoms with Crippen molar-refractivity contribution < 1.29 is 4.21 Å². The van der Waals surface area contributed by atoms with Gasteiger partial charge in [-0.2, -0.15) is 5.10 Å². The summed E-state index contributed by atoms with van der Waals surface area (Å²) in [6.07, 6.45) is 1.60. The van der Waals surface area contributed by atoms with E-state index in [4.69, 9.17) is 0 Å². The lowest BCUT2D eigenvalue weighted by atomic mass is 10.5. The topological polar surface area (TPSA) is 47.2 Å². The molecule has 0 bridgehead atoms. The van der Waals surface area contributed by atoms with Gasteiger partial charge in [0, 0.05) is 14.1 Å². The minimum atomic E-state index is -1.58. The summed E-state index contributed by atoms with van der Waals surface area (Å²) in [5.41, 5.74) is 0.914. The highest BCUT2D eigenvalue weighted by atomic mass is 32.2. The fourth-order valence-corrected chi connectivity index (χ4v) is 1.57. The van der Waals surface area contributed by atoms with Gasteiger partial charge in [-0.3, -0.25) is 4.68 Å². The van der Waals surface area contributed by atoms with Crippen molar-refractivity contribution in [3.63, 3.8) is 0 Å². The molecular formula is C6H11N3OS. The smallest absolute Gasteiger partial charge is 0.0854 e. The number of aromatic nitrogens is 2. The molecule has 0 N–H and O–H groups in total. The number of hydrogen-bond acceptors (Lipinski definition) is 3. The van der Waals surface area contributed by atoms with Crippen molar-refractivity contribution in [2.45, 2.75) is 11.8 Å². The fraction of sp³-hybridized carbons (Fsp3) is 0.500. The van der Waals surface area contributed by atoms with Crippen molar-refractivity contribution in [1.29, 1.82) is 0 Å². The molecule has 0 amide bonds. The van der Waals surface area contributed by atoms with Crippen LogP contribution in [0.1, 0.15) is 5.69 Å². The molecule has 1 aromatic heterocycles. The second kappa shape index (κ2) is 3.04. The Hall–Kier alpha value is -0.840. The van der Waals surface area contributed by atoms with Gasteiger partial charge in [0.25, 0.3) is 0 Å². The molecule has 0 aliphatic rings. The van der Waals surface area contributed by atoms with Crippen molar-refractivity contribution in [1.82, 2.24) is 9.78 Å². The van der Waals surface area contributed by atoms with Gasteiger partial charge < -0.3 is 0 Å². The number of aryl methyl sites for hydroxylation is 1. The molecule has 1 aromatic rings. The van der Waals surface area contributed by atoms with Crippen LogP contribution in [0.15, 0.2) is 15.5 Å². The lowest BCUT2D eigenvalue weighted by Crippen LogP contribution is -1.93. The van der Waals surface area contributed by atoms with E-state index in [1.807, 2.05) is 14.0 Å². The summed E-state index contributed by atoms with van der Waals surface area (Å²) < 4.78 is 16.6. The van der Waals surface area contributed by atoms with Crippen LogP contribution >= 0.6 is 0 Å². The van der Waals surface area contributed by atoms with Gasteiger partial charge in [-0.05, 0) is 6.92 Å². The second-order valence-corrected chi connectivity index (χ2v) is 3.64. The summed E-state index contributed by atoms with van der Waals surface area (Å²) in [5.74, 6) is 0. The van der Waals surface area contributed by atoms with E-state index in [2.05, 4.69) is 9.46 Å².